The monoisotopic (exact) mass is 724 g/mol. The quantitative estimate of drug-likeness (QED) is 0.146. The van der Waals surface area contributed by atoms with Crippen LogP contribution in [0.3, 0.4) is 0 Å². The van der Waals surface area contributed by atoms with Gasteiger partial charge in [-0.15, -0.1) is 0 Å². The molecule has 0 heterocycles. The van der Waals surface area contributed by atoms with E-state index in [1.165, 1.54) is 85.2 Å². The highest BCUT2D eigenvalue weighted by atomic mass is 14.6. The van der Waals surface area contributed by atoms with E-state index in [9.17, 15) is 0 Å². The van der Waals surface area contributed by atoms with Gasteiger partial charge in [0.15, 0.2) is 0 Å². The molecule has 0 unspecified atom stereocenters. The maximum atomic E-state index is 7.00. The van der Waals surface area contributed by atoms with Crippen molar-refractivity contribution in [1.82, 2.24) is 0 Å². The number of benzene rings is 3. The summed E-state index contributed by atoms with van der Waals surface area (Å²) in [5, 5.41) is 0. The minimum Gasteiger partial charge on any atom is -0.398 e. The van der Waals surface area contributed by atoms with E-state index >= 15 is 0 Å². The average molecular weight is 724 g/mol. The first-order valence-corrected chi connectivity index (χ1v) is 20.7. The minimum absolute atomic E-state index is 0.131. The Labute approximate surface area is 332 Å². The van der Waals surface area contributed by atoms with Crippen LogP contribution in [0.25, 0.3) is 34.5 Å². The molecule has 0 radical (unpaired) electrons. The second kappa shape index (κ2) is 20.0. The normalized spacial score (nSPS) is 13.6. The Morgan fingerprint density at radius 2 is 1.33 bits per heavy atom. The van der Waals surface area contributed by atoms with Crippen LogP contribution in [0.1, 0.15) is 166 Å². The van der Waals surface area contributed by atoms with Crippen LogP contribution in [0.2, 0.25) is 0 Å². The summed E-state index contributed by atoms with van der Waals surface area (Å²) in [6.07, 6.45) is 22.2. The molecule has 0 atom stereocenters. The van der Waals surface area contributed by atoms with Crippen LogP contribution in [0, 0.1) is 19.3 Å². The first kappa shape index (κ1) is 44.3. The van der Waals surface area contributed by atoms with Crippen LogP contribution in [0.15, 0.2) is 96.1 Å². The molecule has 0 fully saturated rings. The van der Waals surface area contributed by atoms with Gasteiger partial charge in [0.25, 0.3) is 0 Å². The fraction of sp³-hybridized carbons (Fsp3) is 0.434. The molecule has 0 saturated heterocycles. The van der Waals surface area contributed by atoms with Crippen molar-refractivity contribution in [1.29, 1.82) is 0 Å². The summed E-state index contributed by atoms with van der Waals surface area (Å²) in [4.78, 5) is 0. The summed E-state index contributed by atoms with van der Waals surface area (Å²) in [7, 11) is 0. The molecule has 2 N–H and O–H groups in total. The van der Waals surface area contributed by atoms with Crippen molar-refractivity contribution in [2.75, 3.05) is 0 Å². The Balaban J connectivity index is 2.12. The average Bonchev–Trinajstić information content (AvgIpc) is 3.10. The van der Waals surface area contributed by atoms with Gasteiger partial charge in [0.2, 0.25) is 0 Å². The lowest BCUT2D eigenvalue weighted by Gasteiger charge is -2.21. The molecule has 0 aliphatic heterocycles. The molecule has 0 aliphatic carbocycles. The van der Waals surface area contributed by atoms with Gasteiger partial charge < -0.3 is 5.73 Å². The van der Waals surface area contributed by atoms with Crippen molar-refractivity contribution < 1.29 is 0 Å². The van der Waals surface area contributed by atoms with E-state index in [1.54, 1.807) is 0 Å². The molecule has 0 aromatic heterocycles. The Morgan fingerprint density at radius 3 is 1.91 bits per heavy atom. The largest absolute Gasteiger partial charge is 0.398 e. The van der Waals surface area contributed by atoms with Gasteiger partial charge >= 0.3 is 0 Å². The van der Waals surface area contributed by atoms with Crippen LogP contribution in [-0.4, -0.2) is 0 Å². The molecule has 0 saturated carbocycles. The zero-order valence-electron chi connectivity index (χ0n) is 36.5. The Hall–Kier alpha value is -4.10. The highest BCUT2D eigenvalue weighted by Gasteiger charge is 2.18. The molecule has 290 valence electrons. The third-order valence-electron chi connectivity index (χ3n) is 11.0. The lowest BCUT2D eigenvalue weighted by atomic mass is 9.84. The van der Waals surface area contributed by atoms with Crippen LogP contribution >= 0.6 is 0 Å². The van der Waals surface area contributed by atoms with Crippen LogP contribution < -0.4 is 5.73 Å². The second-order valence-electron chi connectivity index (χ2n) is 17.6. The zero-order chi connectivity index (χ0) is 40.2. The summed E-state index contributed by atoms with van der Waals surface area (Å²) in [6.45, 7) is 34.0. The summed E-state index contributed by atoms with van der Waals surface area (Å²) in [5.41, 5.74) is 26.1. The fourth-order valence-corrected chi connectivity index (χ4v) is 6.87. The Kier molecular flexibility index (Phi) is 16.4. The maximum Gasteiger partial charge on any atom is 0.0390 e. The van der Waals surface area contributed by atoms with Gasteiger partial charge in [-0.25, -0.2) is 0 Å². The molecule has 0 spiro atoms. The Morgan fingerprint density at radius 1 is 0.722 bits per heavy atom. The van der Waals surface area contributed by atoms with Gasteiger partial charge in [0, 0.05) is 11.3 Å². The summed E-state index contributed by atoms with van der Waals surface area (Å²) in [6, 6.07) is 18.2. The van der Waals surface area contributed by atoms with E-state index < -0.39 is 0 Å². The third-order valence-corrected chi connectivity index (χ3v) is 11.0. The number of nitrogens with two attached hydrogens (primary N) is 1. The molecule has 3 aromatic rings. The van der Waals surface area contributed by atoms with Crippen molar-refractivity contribution >= 4 is 23.4 Å². The Bertz CT molecular complexity index is 1900. The van der Waals surface area contributed by atoms with Gasteiger partial charge in [0.1, 0.15) is 0 Å². The molecular weight excluding hydrogens is 651 g/mol. The van der Waals surface area contributed by atoms with Crippen molar-refractivity contribution in [2.45, 2.75) is 147 Å². The molecule has 1 nitrogen and oxygen atoms in total. The van der Waals surface area contributed by atoms with Crippen molar-refractivity contribution in [3.8, 4) is 11.1 Å². The lowest BCUT2D eigenvalue weighted by molar-refractivity contribution is 0.504. The predicted molar refractivity (Wildman–Crippen MR) is 245 cm³/mol. The molecule has 0 bridgehead atoms. The van der Waals surface area contributed by atoms with E-state index in [0.717, 1.165) is 49.8 Å². The smallest absolute Gasteiger partial charge is 0.0390 e. The standard InChI is InChI=1S/C53H73N/c1-15-18-22-37(4)43(24-19-16-2)36-50-45(38(5)26-27-41(8)52(9,10)11)32-33-49(48(50)21-17-3)51(54)25-20-23-42-28-30-46(39(6)34-42)47-31-29-44(35-40(47)7)53(12,13)14/h20,23,25-36H,4,15-19,21-22,24,54H2,1-3,5-14H3/b23-20+,38-26+,41-27+,43-36-,51-25-. The van der Waals surface area contributed by atoms with E-state index in [0.29, 0.717) is 0 Å². The first-order chi connectivity index (χ1) is 25.4. The van der Waals surface area contributed by atoms with Gasteiger partial charge in [-0.3, -0.25) is 0 Å². The number of unbranched alkanes of at least 4 members (excludes halogenated alkanes) is 2. The zero-order valence-corrected chi connectivity index (χ0v) is 36.5. The fourth-order valence-electron chi connectivity index (χ4n) is 6.87. The molecule has 3 rings (SSSR count). The predicted octanol–water partition coefficient (Wildman–Crippen LogP) is 15.9. The summed E-state index contributed by atoms with van der Waals surface area (Å²) < 4.78 is 0. The number of aryl methyl sites for hydroxylation is 2. The molecule has 54 heavy (non-hydrogen) atoms. The van der Waals surface area contributed by atoms with Gasteiger partial charge in [0.05, 0.1) is 0 Å². The summed E-state index contributed by atoms with van der Waals surface area (Å²) >= 11 is 0. The number of allylic oxidation sites excluding steroid dienone is 8. The SMILES string of the molecule is C=C(CCCC)/C(=C\c1c(/C(C)=C/C=C(\C)C(C)(C)C)ccc(/C(N)=C/C=C/c2ccc(-c3ccc(C(C)(C)C)cc3C)c(C)c2)c1CCC)CCCC. The molecule has 1 heteroatoms. The van der Waals surface area contributed by atoms with E-state index in [4.69, 9.17) is 5.73 Å². The second-order valence-corrected chi connectivity index (χ2v) is 17.6. The van der Waals surface area contributed by atoms with E-state index in [2.05, 4.69) is 182 Å². The first-order valence-electron chi connectivity index (χ1n) is 20.7. The van der Waals surface area contributed by atoms with E-state index in [1.807, 2.05) is 0 Å². The van der Waals surface area contributed by atoms with Crippen LogP contribution in [0.5, 0.6) is 0 Å². The van der Waals surface area contributed by atoms with Crippen molar-refractivity contribution in [2.24, 2.45) is 11.1 Å². The number of rotatable bonds is 16. The van der Waals surface area contributed by atoms with Crippen molar-refractivity contribution in [3.63, 3.8) is 0 Å². The van der Waals surface area contributed by atoms with Gasteiger partial charge in [-0.05, 0) is 138 Å². The van der Waals surface area contributed by atoms with Gasteiger partial charge in [-0.2, -0.15) is 0 Å². The highest BCUT2D eigenvalue weighted by molar-refractivity contribution is 5.82. The lowest BCUT2D eigenvalue weighted by Crippen LogP contribution is -2.11. The molecule has 3 aromatic carbocycles. The third kappa shape index (κ3) is 12.2. The van der Waals surface area contributed by atoms with Crippen LogP contribution in [-0.2, 0) is 11.8 Å². The molecular formula is C53H73N. The van der Waals surface area contributed by atoms with Gasteiger partial charge in [-0.1, -0.05) is 178 Å². The topological polar surface area (TPSA) is 26.0 Å². The maximum absolute atomic E-state index is 7.00. The molecule has 0 aliphatic rings. The number of hydrogen-bond acceptors (Lipinski definition) is 1. The highest BCUT2D eigenvalue weighted by Crippen LogP contribution is 2.35. The van der Waals surface area contributed by atoms with E-state index in [-0.39, 0.29) is 10.8 Å². The molecule has 0 amide bonds. The van der Waals surface area contributed by atoms with Crippen LogP contribution in [0.4, 0.5) is 0 Å². The minimum atomic E-state index is 0.131. The van der Waals surface area contributed by atoms with Crippen molar-refractivity contribution in [3.05, 3.63) is 141 Å². The number of hydrogen-bond donors (Lipinski definition) is 1. The summed E-state index contributed by atoms with van der Waals surface area (Å²) in [5.74, 6) is 0.